The maximum atomic E-state index is 5.34. The molecule has 0 fully saturated rings. The Hall–Kier alpha value is -1.57. The van der Waals surface area contributed by atoms with Crippen LogP contribution in [0.2, 0.25) is 0 Å². The Bertz CT molecular complexity index is 546. The molecule has 114 valence electrons. The zero-order valence-corrected chi connectivity index (χ0v) is 13.8. The van der Waals surface area contributed by atoms with E-state index in [1.54, 1.807) is 17.4 Å². The van der Waals surface area contributed by atoms with Crippen molar-refractivity contribution in [3.05, 3.63) is 47.5 Å². The van der Waals surface area contributed by atoms with Crippen molar-refractivity contribution in [3.63, 3.8) is 0 Å². The lowest BCUT2D eigenvalue weighted by atomic mass is 9.80. The maximum absolute atomic E-state index is 5.34. The minimum Gasteiger partial charge on any atom is -0.463 e. The molecule has 0 saturated heterocycles. The van der Waals surface area contributed by atoms with Gasteiger partial charge in [-0.05, 0) is 45.2 Å². The highest BCUT2D eigenvalue weighted by Crippen LogP contribution is 2.41. The first-order valence-electron chi connectivity index (χ1n) is 7.83. The Kier molecular flexibility index (Phi) is 4.87. The number of nitrogens with one attached hydrogen (secondary N) is 1. The van der Waals surface area contributed by atoms with Gasteiger partial charge in [-0.15, -0.1) is 0 Å². The fourth-order valence-electron chi connectivity index (χ4n) is 3.19. The molecule has 0 amide bonds. The Labute approximate surface area is 128 Å². The SMILES string of the molecule is C=C(C)[C@H]1CCC(C)=C1CC(C)(C)C=[NH+]Cc1ccco1. The molecule has 0 bridgehead atoms. The first kappa shape index (κ1) is 15.8. The fraction of sp³-hybridized carbons (Fsp3) is 0.526. The van der Waals surface area contributed by atoms with Crippen molar-refractivity contribution in [2.45, 2.75) is 53.5 Å². The van der Waals surface area contributed by atoms with Crippen molar-refractivity contribution >= 4 is 6.21 Å². The topological polar surface area (TPSA) is 27.1 Å². The second kappa shape index (κ2) is 6.46. The van der Waals surface area contributed by atoms with Crippen LogP contribution in [0.4, 0.5) is 0 Å². The fourth-order valence-corrected chi connectivity index (χ4v) is 3.19. The van der Waals surface area contributed by atoms with Crippen LogP contribution in [0.25, 0.3) is 0 Å². The van der Waals surface area contributed by atoms with Crippen LogP contribution in [0.15, 0.2) is 46.1 Å². The van der Waals surface area contributed by atoms with Gasteiger partial charge < -0.3 is 4.42 Å². The van der Waals surface area contributed by atoms with Crippen molar-refractivity contribution < 1.29 is 9.41 Å². The first-order valence-corrected chi connectivity index (χ1v) is 7.83. The number of furan rings is 1. The number of rotatable bonds is 6. The Morgan fingerprint density at radius 3 is 2.90 bits per heavy atom. The zero-order chi connectivity index (χ0) is 15.5. The van der Waals surface area contributed by atoms with Crippen LogP contribution in [-0.2, 0) is 6.54 Å². The lowest BCUT2D eigenvalue weighted by molar-refractivity contribution is -0.476. The van der Waals surface area contributed by atoms with Crippen LogP contribution in [0, 0.1) is 11.3 Å². The summed E-state index contributed by atoms with van der Waals surface area (Å²) in [6, 6.07) is 3.92. The van der Waals surface area contributed by atoms with E-state index in [0.29, 0.717) is 5.92 Å². The van der Waals surface area contributed by atoms with Crippen LogP contribution in [0.1, 0.15) is 52.7 Å². The molecule has 1 N–H and O–H groups in total. The maximum Gasteiger partial charge on any atom is 0.198 e. The molecule has 0 unspecified atom stereocenters. The van der Waals surface area contributed by atoms with Crippen molar-refractivity contribution in [3.8, 4) is 0 Å². The number of allylic oxidation sites excluding steroid dienone is 3. The summed E-state index contributed by atoms with van der Waals surface area (Å²) in [6.45, 7) is 13.9. The molecule has 0 spiro atoms. The lowest BCUT2D eigenvalue weighted by Crippen LogP contribution is -2.69. The molecule has 2 heteroatoms. The molecule has 0 saturated carbocycles. The average Bonchev–Trinajstić information content (AvgIpc) is 3.00. The van der Waals surface area contributed by atoms with Gasteiger partial charge in [-0.2, -0.15) is 0 Å². The van der Waals surface area contributed by atoms with E-state index in [4.69, 9.17) is 4.42 Å². The molecule has 21 heavy (non-hydrogen) atoms. The largest absolute Gasteiger partial charge is 0.463 e. The minimum absolute atomic E-state index is 0.126. The van der Waals surface area contributed by atoms with Gasteiger partial charge in [0.05, 0.1) is 6.26 Å². The molecular weight excluding hydrogens is 258 g/mol. The molecule has 2 nitrogen and oxygen atoms in total. The molecule has 1 aliphatic carbocycles. The highest BCUT2D eigenvalue weighted by molar-refractivity contribution is 5.59. The molecule has 0 radical (unpaired) electrons. The summed E-state index contributed by atoms with van der Waals surface area (Å²) in [6.07, 6.45) is 7.49. The number of hydrogen-bond acceptors (Lipinski definition) is 1. The minimum atomic E-state index is 0.126. The predicted octanol–water partition coefficient (Wildman–Crippen LogP) is 3.65. The molecule has 2 rings (SSSR count). The third-order valence-electron chi connectivity index (χ3n) is 4.37. The van der Waals surface area contributed by atoms with E-state index >= 15 is 0 Å². The van der Waals surface area contributed by atoms with Crippen molar-refractivity contribution in [1.82, 2.24) is 0 Å². The summed E-state index contributed by atoms with van der Waals surface area (Å²) in [7, 11) is 0. The van der Waals surface area contributed by atoms with E-state index in [0.717, 1.165) is 18.7 Å². The van der Waals surface area contributed by atoms with Crippen molar-refractivity contribution in [1.29, 1.82) is 0 Å². The van der Waals surface area contributed by atoms with Crippen molar-refractivity contribution in [2.75, 3.05) is 0 Å². The zero-order valence-electron chi connectivity index (χ0n) is 13.8. The molecule has 0 aliphatic heterocycles. The molecule has 1 aromatic heterocycles. The Morgan fingerprint density at radius 1 is 1.52 bits per heavy atom. The summed E-state index contributed by atoms with van der Waals surface area (Å²) < 4.78 is 5.34. The monoisotopic (exact) mass is 286 g/mol. The van der Waals surface area contributed by atoms with E-state index in [9.17, 15) is 0 Å². The quantitative estimate of drug-likeness (QED) is 0.627. The van der Waals surface area contributed by atoms with Crippen LogP contribution < -0.4 is 4.99 Å². The van der Waals surface area contributed by atoms with Gasteiger partial charge in [0, 0.05) is 11.3 Å². The lowest BCUT2D eigenvalue weighted by Gasteiger charge is -2.23. The Balaban J connectivity index is 2.01. The molecule has 1 heterocycles. The van der Waals surface area contributed by atoms with Gasteiger partial charge in [0.1, 0.15) is 6.21 Å². The second-order valence-corrected chi connectivity index (χ2v) is 7.01. The van der Waals surface area contributed by atoms with E-state index in [2.05, 4.69) is 45.5 Å². The van der Waals surface area contributed by atoms with Gasteiger partial charge in [0.15, 0.2) is 12.3 Å². The van der Waals surface area contributed by atoms with Gasteiger partial charge in [-0.1, -0.05) is 37.1 Å². The van der Waals surface area contributed by atoms with Gasteiger partial charge in [0.25, 0.3) is 0 Å². The smallest absolute Gasteiger partial charge is 0.198 e. The van der Waals surface area contributed by atoms with E-state index in [-0.39, 0.29) is 5.41 Å². The highest BCUT2D eigenvalue weighted by atomic mass is 16.3. The highest BCUT2D eigenvalue weighted by Gasteiger charge is 2.29. The summed E-state index contributed by atoms with van der Waals surface area (Å²) in [5.74, 6) is 1.56. The summed E-state index contributed by atoms with van der Waals surface area (Å²) >= 11 is 0. The van der Waals surface area contributed by atoms with Crippen LogP contribution in [0.5, 0.6) is 0 Å². The Morgan fingerprint density at radius 2 is 2.29 bits per heavy atom. The molecule has 0 aromatic carbocycles. The molecule has 1 atom stereocenters. The molecule has 1 aromatic rings. The third kappa shape index (κ3) is 4.20. The summed E-state index contributed by atoms with van der Waals surface area (Å²) in [5, 5.41) is 0. The summed E-state index contributed by atoms with van der Waals surface area (Å²) in [4.78, 5) is 3.40. The summed E-state index contributed by atoms with van der Waals surface area (Å²) in [5.41, 5.74) is 4.60. The van der Waals surface area contributed by atoms with Gasteiger partial charge >= 0.3 is 0 Å². The van der Waals surface area contributed by atoms with Crippen molar-refractivity contribution in [2.24, 2.45) is 11.3 Å². The standard InChI is InChI=1S/C19H27NO/c1-14(2)17-9-8-15(3)18(17)11-19(4,5)13-20-12-16-7-6-10-21-16/h6-7,10,13,17H,1,8-9,11-12H2,2-5H3/p+1/t17-/m1/s1. The number of hydrogen-bond donors (Lipinski definition) is 1. The van der Waals surface area contributed by atoms with Crippen LogP contribution >= 0.6 is 0 Å². The van der Waals surface area contributed by atoms with Gasteiger partial charge in [-0.25, -0.2) is 4.99 Å². The van der Waals surface area contributed by atoms with E-state index in [1.165, 1.54) is 18.4 Å². The van der Waals surface area contributed by atoms with Gasteiger partial charge in [-0.3, -0.25) is 0 Å². The average molecular weight is 286 g/mol. The molecular formula is C19H28NO+. The third-order valence-corrected chi connectivity index (χ3v) is 4.37. The second-order valence-electron chi connectivity index (χ2n) is 7.01. The molecule has 1 aliphatic rings. The normalized spacial score (nSPS) is 19.7. The van der Waals surface area contributed by atoms with Crippen LogP contribution in [-0.4, -0.2) is 6.21 Å². The van der Waals surface area contributed by atoms with Crippen LogP contribution in [0.3, 0.4) is 0 Å². The van der Waals surface area contributed by atoms with E-state index < -0.39 is 0 Å². The van der Waals surface area contributed by atoms with E-state index in [1.807, 2.05) is 12.1 Å². The predicted molar refractivity (Wildman–Crippen MR) is 88.1 cm³/mol. The van der Waals surface area contributed by atoms with Gasteiger partial charge in [0.2, 0.25) is 0 Å². The first-order chi connectivity index (χ1) is 9.89.